The summed E-state index contributed by atoms with van der Waals surface area (Å²) >= 11 is 0. The second kappa shape index (κ2) is 12.9. The van der Waals surface area contributed by atoms with Crippen LogP contribution < -0.4 is 0 Å². The summed E-state index contributed by atoms with van der Waals surface area (Å²) in [5.41, 5.74) is 10.6. The first-order chi connectivity index (χ1) is 11.3. The molecular weight excluding hydrogens is 294 g/mol. The molecule has 0 heterocycles. The van der Waals surface area contributed by atoms with E-state index in [9.17, 15) is 0 Å². The number of hydrogen-bond donors (Lipinski definition) is 0. The summed E-state index contributed by atoms with van der Waals surface area (Å²) in [5.74, 6) is 0.604. The third-order valence-electron chi connectivity index (χ3n) is 3.57. The fourth-order valence-electron chi connectivity index (χ4n) is 1.96. The number of rotatable bonds is 13. The highest BCUT2D eigenvalue weighted by molar-refractivity contribution is 5.24. The summed E-state index contributed by atoms with van der Waals surface area (Å²) in [7, 11) is 0. The Bertz CT molecular complexity index is 459. The average Bonchev–Trinajstić information content (AvgIpc) is 2.59. The van der Waals surface area contributed by atoms with Crippen molar-refractivity contribution in [2.45, 2.75) is 32.8 Å². The highest BCUT2D eigenvalue weighted by atomic mass is 16.5. The molecule has 0 bridgehead atoms. The lowest BCUT2D eigenvalue weighted by Gasteiger charge is -2.10. The quantitative estimate of drug-likeness (QED) is 0.238. The molecular formula is C17H27N3O3. The summed E-state index contributed by atoms with van der Waals surface area (Å²) < 4.78 is 16.2. The van der Waals surface area contributed by atoms with Crippen LogP contribution in [0.2, 0.25) is 0 Å². The molecule has 0 aliphatic carbocycles. The van der Waals surface area contributed by atoms with Crippen molar-refractivity contribution in [2.24, 2.45) is 5.11 Å². The highest BCUT2D eigenvalue weighted by Gasteiger charge is 2.02. The number of benzene rings is 1. The van der Waals surface area contributed by atoms with Crippen molar-refractivity contribution in [3.8, 4) is 0 Å². The average molecular weight is 321 g/mol. The van der Waals surface area contributed by atoms with Crippen molar-refractivity contribution in [1.82, 2.24) is 0 Å². The normalized spacial score (nSPS) is 11.9. The molecule has 0 aliphatic rings. The molecule has 1 aromatic carbocycles. The third kappa shape index (κ3) is 9.21. The molecule has 23 heavy (non-hydrogen) atoms. The Morgan fingerprint density at radius 1 is 1.00 bits per heavy atom. The van der Waals surface area contributed by atoms with E-state index in [1.807, 2.05) is 0 Å². The molecule has 0 aliphatic heterocycles. The first-order valence-electron chi connectivity index (χ1n) is 8.10. The molecule has 1 rings (SSSR count). The highest BCUT2D eigenvalue weighted by Crippen LogP contribution is 2.18. The molecule has 1 unspecified atom stereocenters. The largest absolute Gasteiger partial charge is 0.379 e. The molecule has 0 amide bonds. The van der Waals surface area contributed by atoms with Crippen LogP contribution in [0.4, 0.5) is 0 Å². The zero-order valence-corrected chi connectivity index (χ0v) is 14.1. The number of hydrogen-bond acceptors (Lipinski definition) is 4. The molecule has 0 fully saturated rings. The van der Waals surface area contributed by atoms with Crippen molar-refractivity contribution in [3.05, 3.63) is 45.8 Å². The summed E-state index contributed by atoms with van der Waals surface area (Å²) in [6.45, 7) is 7.95. The van der Waals surface area contributed by atoms with Gasteiger partial charge in [0.25, 0.3) is 0 Å². The van der Waals surface area contributed by atoms with Gasteiger partial charge in [-0.05, 0) is 29.0 Å². The van der Waals surface area contributed by atoms with Gasteiger partial charge in [0, 0.05) is 11.5 Å². The molecule has 128 valence electrons. The van der Waals surface area contributed by atoms with E-state index in [-0.39, 0.29) is 0 Å². The molecule has 0 N–H and O–H groups in total. The fourth-order valence-corrected chi connectivity index (χ4v) is 1.96. The number of azide groups is 1. The molecule has 6 nitrogen and oxygen atoms in total. The molecule has 1 aromatic rings. The van der Waals surface area contributed by atoms with E-state index in [0.29, 0.717) is 52.1 Å². The van der Waals surface area contributed by atoms with Gasteiger partial charge >= 0.3 is 0 Å². The molecule has 1 atom stereocenters. The van der Waals surface area contributed by atoms with Gasteiger partial charge in [-0.15, -0.1) is 0 Å². The maximum absolute atomic E-state index is 8.09. The van der Waals surface area contributed by atoms with Crippen molar-refractivity contribution >= 4 is 0 Å². The van der Waals surface area contributed by atoms with E-state index >= 15 is 0 Å². The summed E-state index contributed by atoms with van der Waals surface area (Å²) in [4.78, 5) is 2.64. The molecule has 6 heteroatoms. The smallest absolute Gasteiger partial charge is 0.0718 e. The predicted octanol–water partition coefficient (Wildman–Crippen LogP) is 4.06. The van der Waals surface area contributed by atoms with Crippen LogP contribution in [0.1, 0.15) is 37.3 Å². The SMILES string of the molecule is CCC(C)c1ccc(COCCOCCOCCN=[N+]=[N-])cc1. The number of ether oxygens (including phenoxy) is 3. The first-order valence-corrected chi connectivity index (χ1v) is 8.10. The molecule has 0 radical (unpaired) electrons. The predicted molar refractivity (Wildman–Crippen MR) is 90.5 cm³/mol. The zero-order chi connectivity index (χ0) is 16.8. The van der Waals surface area contributed by atoms with E-state index < -0.39 is 0 Å². The lowest BCUT2D eigenvalue weighted by Crippen LogP contribution is -2.10. The van der Waals surface area contributed by atoms with Gasteiger partial charge < -0.3 is 14.2 Å². The van der Waals surface area contributed by atoms with Crippen LogP contribution in [0.3, 0.4) is 0 Å². The summed E-state index contributed by atoms with van der Waals surface area (Å²) in [6, 6.07) is 8.61. The van der Waals surface area contributed by atoms with Crippen LogP contribution in [-0.4, -0.2) is 39.6 Å². The molecule has 0 saturated carbocycles. The first kappa shape index (κ1) is 19.5. The van der Waals surface area contributed by atoms with E-state index in [0.717, 1.165) is 6.42 Å². The lowest BCUT2D eigenvalue weighted by molar-refractivity contribution is 0.0119. The maximum atomic E-state index is 8.09. The van der Waals surface area contributed by atoms with Gasteiger partial charge in [-0.25, -0.2) is 0 Å². The van der Waals surface area contributed by atoms with Crippen LogP contribution in [0.25, 0.3) is 10.4 Å². The standard InChI is InChI=1S/C17H27N3O3/c1-3-15(2)17-6-4-16(5-7-17)14-23-13-12-22-11-10-21-9-8-19-20-18/h4-7,15H,3,8-14H2,1-2H3. The van der Waals surface area contributed by atoms with Crippen LogP contribution in [0, 0.1) is 0 Å². The monoisotopic (exact) mass is 321 g/mol. The van der Waals surface area contributed by atoms with E-state index in [2.05, 4.69) is 48.1 Å². The Kier molecular flexibility index (Phi) is 10.9. The van der Waals surface area contributed by atoms with E-state index in [4.69, 9.17) is 19.7 Å². The fraction of sp³-hybridized carbons (Fsp3) is 0.647. The Labute approximate surface area is 138 Å². The Morgan fingerprint density at radius 2 is 1.61 bits per heavy atom. The van der Waals surface area contributed by atoms with Crippen molar-refractivity contribution in [3.63, 3.8) is 0 Å². The van der Waals surface area contributed by atoms with Gasteiger partial charge in [0.15, 0.2) is 0 Å². The third-order valence-corrected chi connectivity index (χ3v) is 3.57. The van der Waals surface area contributed by atoms with Gasteiger partial charge in [-0.1, -0.05) is 43.2 Å². The van der Waals surface area contributed by atoms with Crippen molar-refractivity contribution < 1.29 is 14.2 Å². The second-order valence-corrected chi connectivity index (χ2v) is 5.28. The zero-order valence-electron chi connectivity index (χ0n) is 14.1. The van der Waals surface area contributed by atoms with Gasteiger partial charge in [-0.3, -0.25) is 0 Å². The van der Waals surface area contributed by atoms with Crippen LogP contribution in [0.15, 0.2) is 29.4 Å². The molecule has 0 aromatic heterocycles. The van der Waals surface area contributed by atoms with Crippen molar-refractivity contribution in [2.75, 3.05) is 39.6 Å². The Hall–Kier alpha value is -1.59. The Morgan fingerprint density at radius 3 is 2.22 bits per heavy atom. The number of nitrogens with zero attached hydrogens (tertiary/aromatic N) is 3. The minimum absolute atomic E-state index is 0.357. The minimum atomic E-state index is 0.357. The van der Waals surface area contributed by atoms with E-state index in [1.165, 1.54) is 11.1 Å². The van der Waals surface area contributed by atoms with Crippen molar-refractivity contribution in [1.29, 1.82) is 0 Å². The van der Waals surface area contributed by atoms with Crippen LogP contribution >= 0.6 is 0 Å². The van der Waals surface area contributed by atoms with Crippen LogP contribution in [0.5, 0.6) is 0 Å². The Balaban J connectivity index is 1.99. The van der Waals surface area contributed by atoms with Crippen LogP contribution in [-0.2, 0) is 20.8 Å². The van der Waals surface area contributed by atoms with Gasteiger partial charge in [-0.2, -0.15) is 0 Å². The lowest BCUT2D eigenvalue weighted by atomic mass is 9.98. The maximum Gasteiger partial charge on any atom is 0.0718 e. The van der Waals surface area contributed by atoms with Gasteiger partial charge in [0.2, 0.25) is 0 Å². The second-order valence-electron chi connectivity index (χ2n) is 5.28. The molecule has 0 saturated heterocycles. The summed E-state index contributed by atoms with van der Waals surface area (Å²) in [6.07, 6.45) is 1.16. The minimum Gasteiger partial charge on any atom is -0.379 e. The summed E-state index contributed by atoms with van der Waals surface area (Å²) in [5, 5.41) is 3.37. The molecule has 0 spiro atoms. The topological polar surface area (TPSA) is 76.5 Å². The van der Waals surface area contributed by atoms with E-state index in [1.54, 1.807) is 0 Å². The van der Waals surface area contributed by atoms with Gasteiger partial charge in [0.05, 0.1) is 39.6 Å². The van der Waals surface area contributed by atoms with Gasteiger partial charge in [0.1, 0.15) is 0 Å².